The lowest BCUT2D eigenvalue weighted by atomic mass is 9.87. The molecule has 0 radical (unpaired) electrons. The minimum Gasteiger partial charge on any atom is -0.366 e. The van der Waals surface area contributed by atoms with Crippen LogP contribution in [-0.2, 0) is 4.74 Å². The van der Waals surface area contributed by atoms with E-state index in [1.165, 1.54) is 6.20 Å². The van der Waals surface area contributed by atoms with Crippen molar-refractivity contribution in [1.82, 2.24) is 14.9 Å². The van der Waals surface area contributed by atoms with Crippen LogP contribution >= 0.6 is 0 Å². The van der Waals surface area contributed by atoms with Crippen molar-refractivity contribution in [2.75, 3.05) is 13.1 Å². The Balaban J connectivity index is 1.88. The molecule has 0 unspecified atom stereocenters. The van der Waals surface area contributed by atoms with Crippen LogP contribution in [0.4, 0.5) is 0 Å². The van der Waals surface area contributed by atoms with Crippen LogP contribution in [0.15, 0.2) is 47.5 Å². The Morgan fingerprint density at radius 3 is 2.56 bits per heavy atom. The van der Waals surface area contributed by atoms with Crippen molar-refractivity contribution >= 4 is 5.91 Å². The van der Waals surface area contributed by atoms with Crippen molar-refractivity contribution in [2.45, 2.75) is 33.0 Å². The molecule has 1 aliphatic heterocycles. The predicted octanol–water partition coefficient (Wildman–Crippen LogP) is 2.40. The molecule has 6 nitrogen and oxygen atoms in total. The van der Waals surface area contributed by atoms with E-state index < -0.39 is 0 Å². The number of ether oxygens (including phenoxy) is 1. The number of nitrogens with one attached hydrogen (secondary N) is 1. The van der Waals surface area contributed by atoms with E-state index in [9.17, 15) is 9.59 Å². The fourth-order valence-electron chi connectivity index (χ4n) is 2.88. The van der Waals surface area contributed by atoms with Crippen LogP contribution in [0.25, 0.3) is 0 Å². The van der Waals surface area contributed by atoms with Gasteiger partial charge in [0, 0.05) is 12.7 Å². The van der Waals surface area contributed by atoms with Crippen LogP contribution in [-0.4, -0.2) is 40.0 Å². The van der Waals surface area contributed by atoms with Crippen LogP contribution in [0.3, 0.4) is 0 Å². The first-order chi connectivity index (χ1) is 11.8. The molecule has 6 heteroatoms. The van der Waals surface area contributed by atoms with Crippen molar-refractivity contribution in [3.8, 4) is 0 Å². The Morgan fingerprint density at radius 2 is 1.96 bits per heavy atom. The van der Waals surface area contributed by atoms with Gasteiger partial charge < -0.3 is 14.6 Å². The molecule has 1 N–H and O–H groups in total. The first-order valence-electron chi connectivity index (χ1n) is 8.39. The molecular weight excluding hydrogens is 318 g/mol. The van der Waals surface area contributed by atoms with E-state index in [0.29, 0.717) is 13.1 Å². The predicted molar refractivity (Wildman–Crippen MR) is 94.3 cm³/mol. The van der Waals surface area contributed by atoms with Crippen LogP contribution in [0.2, 0.25) is 0 Å². The zero-order chi connectivity index (χ0) is 18.0. The van der Waals surface area contributed by atoms with E-state index >= 15 is 0 Å². The highest BCUT2D eigenvalue weighted by atomic mass is 16.5. The van der Waals surface area contributed by atoms with Crippen molar-refractivity contribution in [3.05, 3.63) is 64.3 Å². The Morgan fingerprint density at radius 1 is 1.24 bits per heavy atom. The third kappa shape index (κ3) is 3.96. The van der Waals surface area contributed by atoms with Gasteiger partial charge in [-0.1, -0.05) is 51.1 Å². The van der Waals surface area contributed by atoms with Gasteiger partial charge in [0.2, 0.25) is 0 Å². The Kier molecular flexibility index (Phi) is 4.72. The molecule has 0 spiro atoms. The number of aromatic amines is 1. The zero-order valence-electron chi connectivity index (χ0n) is 14.7. The number of H-pyrrole nitrogens is 1. The van der Waals surface area contributed by atoms with Gasteiger partial charge in [-0.15, -0.1) is 0 Å². The zero-order valence-corrected chi connectivity index (χ0v) is 14.7. The normalized spacial score (nSPS) is 21.2. The highest BCUT2D eigenvalue weighted by molar-refractivity contribution is 5.92. The number of rotatable bonds is 2. The van der Waals surface area contributed by atoms with Crippen LogP contribution in [0.1, 0.15) is 42.9 Å². The summed E-state index contributed by atoms with van der Waals surface area (Å²) in [5.74, 6) is -0.199. The molecular formula is C19H23N3O3. The molecule has 132 valence electrons. The van der Waals surface area contributed by atoms with Gasteiger partial charge in [-0.2, -0.15) is 0 Å². The summed E-state index contributed by atoms with van der Waals surface area (Å²) in [4.78, 5) is 32.3. The van der Waals surface area contributed by atoms with E-state index in [0.717, 1.165) is 11.8 Å². The second-order valence-corrected chi connectivity index (χ2v) is 7.40. The summed E-state index contributed by atoms with van der Waals surface area (Å²) in [5.41, 5.74) is 0.850. The van der Waals surface area contributed by atoms with E-state index in [2.05, 4.69) is 30.7 Å². The fourth-order valence-corrected chi connectivity index (χ4v) is 2.88. The largest absolute Gasteiger partial charge is 0.366 e. The number of nitrogens with zero attached hydrogens (tertiary/aromatic N) is 2. The molecule has 1 fully saturated rings. The number of hydrogen-bond acceptors (Lipinski definition) is 4. The van der Waals surface area contributed by atoms with Crippen LogP contribution < -0.4 is 5.56 Å². The summed E-state index contributed by atoms with van der Waals surface area (Å²) in [7, 11) is 0. The standard InChI is InChI=1S/C19H23N3O3/c1-19(2,3)16-12-22(18(24)14-9-21-17(23)10-20-14)11-15(25-16)13-7-5-4-6-8-13/h4-10,15-16H,11-12H2,1-3H3,(H,21,23)/t15-,16+/m0/s1. The van der Waals surface area contributed by atoms with Gasteiger partial charge in [0.05, 0.1) is 18.8 Å². The Bertz CT molecular complexity index is 775. The molecule has 0 bridgehead atoms. The summed E-state index contributed by atoms with van der Waals surface area (Å²) in [6.45, 7) is 7.26. The SMILES string of the molecule is CC(C)(C)[C@H]1CN(C(=O)c2c[nH]c(=O)cn2)C[C@@H](c2ccccc2)O1. The lowest BCUT2D eigenvalue weighted by Gasteiger charge is -2.43. The van der Waals surface area contributed by atoms with Gasteiger partial charge >= 0.3 is 0 Å². The van der Waals surface area contributed by atoms with Crippen LogP contribution in [0, 0.1) is 5.41 Å². The number of hydrogen-bond donors (Lipinski definition) is 1. The number of amides is 1. The number of benzene rings is 1. The molecule has 1 saturated heterocycles. The molecule has 3 rings (SSSR count). The number of carbonyl (C=O) groups is 1. The molecule has 1 amide bonds. The Hall–Kier alpha value is -2.47. The van der Waals surface area contributed by atoms with E-state index in [1.54, 1.807) is 4.90 Å². The lowest BCUT2D eigenvalue weighted by molar-refractivity contribution is -0.119. The second-order valence-electron chi connectivity index (χ2n) is 7.40. The van der Waals surface area contributed by atoms with E-state index in [1.807, 2.05) is 30.3 Å². The molecule has 2 aromatic rings. The maximum atomic E-state index is 12.8. The van der Waals surface area contributed by atoms with Gasteiger partial charge in [-0.25, -0.2) is 4.98 Å². The summed E-state index contributed by atoms with van der Waals surface area (Å²) in [6, 6.07) is 9.91. The molecule has 0 aliphatic carbocycles. The molecule has 1 aliphatic rings. The lowest BCUT2D eigenvalue weighted by Crippen LogP contribution is -2.51. The highest BCUT2D eigenvalue weighted by Gasteiger charge is 2.37. The van der Waals surface area contributed by atoms with Gasteiger partial charge in [-0.05, 0) is 11.0 Å². The first-order valence-corrected chi connectivity index (χ1v) is 8.39. The summed E-state index contributed by atoms with van der Waals surface area (Å²) < 4.78 is 6.30. The van der Waals surface area contributed by atoms with Crippen LogP contribution in [0.5, 0.6) is 0 Å². The van der Waals surface area contributed by atoms with Gasteiger partial charge in [-0.3, -0.25) is 9.59 Å². The molecule has 1 aromatic carbocycles. The topological polar surface area (TPSA) is 75.3 Å². The summed E-state index contributed by atoms with van der Waals surface area (Å²) in [5, 5.41) is 0. The summed E-state index contributed by atoms with van der Waals surface area (Å²) >= 11 is 0. The van der Waals surface area contributed by atoms with Crippen molar-refractivity contribution in [3.63, 3.8) is 0 Å². The second kappa shape index (κ2) is 6.80. The Labute approximate surface area is 146 Å². The van der Waals surface area contributed by atoms with E-state index in [-0.39, 0.29) is 34.8 Å². The quantitative estimate of drug-likeness (QED) is 0.910. The number of aromatic nitrogens is 2. The first kappa shape index (κ1) is 17.4. The van der Waals surface area contributed by atoms with Crippen molar-refractivity contribution in [2.24, 2.45) is 5.41 Å². The van der Waals surface area contributed by atoms with Gasteiger partial charge in [0.1, 0.15) is 11.8 Å². The minimum atomic E-state index is -0.326. The maximum absolute atomic E-state index is 12.8. The third-order valence-electron chi connectivity index (χ3n) is 4.42. The molecule has 2 heterocycles. The number of morpholine rings is 1. The molecule has 1 aromatic heterocycles. The van der Waals surface area contributed by atoms with Crippen molar-refractivity contribution in [1.29, 1.82) is 0 Å². The molecule has 0 saturated carbocycles. The third-order valence-corrected chi connectivity index (χ3v) is 4.42. The maximum Gasteiger partial charge on any atom is 0.274 e. The molecule has 2 atom stereocenters. The average molecular weight is 341 g/mol. The van der Waals surface area contributed by atoms with Gasteiger partial charge in [0.15, 0.2) is 0 Å². The monoisotopic (exact) mass is 341 g/mol. The van der Waals surface area contributed by atoms with E-state index in [4.69, 9.17) is 4.74 Å². The average Bonchev–Trinajstić information content (AvgIpc) is 2.61. The highest BCUT2D eigenvalue weighted by Crippen LogP contribution is 2.33. The fraction of sp³-hybridized carbons (Fsp3) is 0.421. The minimum absolute atomic E-state index is 0.0989. The molecule has 25 heavy (non-hydrogen) atoms. The van der Waals surface area contributed by atoms with Crippen molar-refractivity contribution < 1.29 is 9.53 Å². The number of carbonyl (C=O) groups excluding carboxylic acids is 1. The smallest absolute Gasteiger partial charge is 0.274 e. The van der Waals surface area contributed by atoms with Gasteiger partial charge in [0.25, 0.3) is 11.5 Å². The summed E-state index contributed by atoms with van der Waals surface area (Å²) in [6.07, 6.45) is 2.21.